The van der Waals surface area contributed by atoms with Crippen LogP contribution in [0.1, 0.15) is 54.2 Å². The van der Waals surface area contributed by atoms with E-state index in [1.165, 1.54) is 30.5 Å². The number of piperidine rings is 1. The number of rotatable bonds is 7. The molecule has 2 heterocycles. The van der Waals surface area contributed by atoms with Gasteiger partial charge in [-0.15, -0.1) is 0 Å². The van der Waals surface area contributed by atoms with Crippen molar-refractivity contribution in [3.8, 4) is 6.07 Å². The summed E-state index contributed by atoms with van der Waals surface area (Å²) in [6.45, 7) is 7.77. The van der Waals surface area contributed by atoms with Gasteiger partial charge in [-0.1, -0.05) is 17.7 Å². The predicted octanol–water partition coefficient (Wildman–Crippen LogP) is 5.07. The molecular formula is C29H33FN4O3S. The number of halogens is 1. The lowest BCUT2D eigenvalue weighted by atomic mass is 9.88. The van der Waals surface area contributed by atoms with Crippen molar-refractivity contribution in [2.45, 2.75) is 50.5 Å². The molecule has 1 fully saturated rings. The number of Topliss-reactive ketones (excluding diaryl/α,β-unsaturated/α-hetero) is 1. The van der Waals surface area contributed by atoms with Gasteiger partial charge >= 0.3 is 0 Å². The molecule has 0 unspecified atom stereocenters. The van der Waals surface area contributed by atoms with E-state index in [-0.39, 0.29) is 33.0 Å². The van der Waals surface area contributed by atoms with Crippen LogP contribution >= 0.6 is 0 Å². The molecule has 3 aromatic rings. The molecule has 9 heteroatoms. The first-order valence-corrected chi connectivity index (χ1v) is 14.1. The van der Waals surface area contributed by atoms with Gasteiger partial charge in [0.25, 0.3) is 10.0 Å². The van der Waals surface area contributed by atoms with Crippen molar-refractivity contribution in [2.24, 2.45) is 0 Å². The van der Waals surface area contributed by atoms with E-state index in [4.69, 9.17) is 0 Å². The van der Waals surface area contributed by atoms with E-state index in [1.807, 2.05) is 13.0 Å². The molecule has 0 N–H and O–H groups in total. The Bertz CT molecular complexity index is 1540. The van der Waals surface area contributed by atoms with Gasteiger partial charge in [0.15, 0.2) is 0 Å². The Morgan fingerprint density at radius 3 is 2.32 bits per heavy atom. The van der Waals surface area contributed by atoms with Crippen LogP contribution in [0.25, 0.3) is 10.9 Å². The van der Waals surface area contributed by atoms with Gasteiger partial charge in [-0.2, -0.15) is 5.26 Å². The molecule has 0 atom stereocenters. The fourth-order valence-electron chi connectivity index (χ4n) is 5.03. The second kappa shape index (κ2) is 10.7. The monoisotopic (exact) mass is 536 g/mol. The highest BCUT2D eigenvalue weighted by Gasteiger charge is 2.31. The molecule has 2 aromatic carbocycles. The highest BCUT2D eigenvalue weighted by Crippen LogP contribution is 2.35. The molecule has 1 aromatic heterocycles. The van der Waals surface area contributed by atoms with E-state index in [0.717, 1.165) is 35.5 Å². The van der Waals surface area contributed by atoms with Crippen molar-refractivity contribution >= 4 is 26.7 Å². The molecular weight excluding hydrogens is 503 g/mol. The van der Waals surface area contributed by atoms with Crippen LogP contribution in [0.5, 0.6) is 0 Å². The molecule has 0 aliphatic carbocycles. The molecule has 1 aliphatic heterocycles. The van der Waals surface area contributed by atoms with Gasteiger partial charge in [0.2, 0.25) is 5.78 Å². The third-order valence-corrected chi connectivity index (χ3v) is 8.86. The van der Waals surface area contributed by atoms with E-state index >= 15 is 4.39 Å². The highest BCUT2D eigenvalue weighted by atomic mass is 32.2. The summed E-state index contributed by atoms with van der Waals surface area (Å²) in [6.07, 6.45) is 2.85. The van der Waals surface area contributed by atoms with Gasteiger partial charge in [0, 0.05) is 31.7 Å². The zero-order valence-corrected chi connectivity index (χ0v) is 23.2. The van der Waals surface area contributed by atoms with E-state index < -0.39 is 21.6 Å². The summed E-state index contributed by atoms with van der Waals surface area (Å²) in [5.41, 5.74) is 1.12. The molecule has 7 nitrogen and oxygen atoms in total. The van der Waals surface area contributed by atoms with Crippen LogP contribution in [-0.4, -0.2) is 61.2 Å². The van der Waals surface area contributed by atoms with E-state index in [0.29, 0.717) is 11.6 Å². The molecule has 4 rings (SSSR count). The summed E-state index contributed by atoms with van der Waals surface area (Å²) < 4.78 is 44.3. The average Bonchev–Trinajstić information content (AvgIpc) is 3.25. The Balaban J connectivity index is 1.93. The van der Waals surface area contributed by atoms with Crippen LogP contribution in [0, 0.1) is 24.1 Å². The lowest BCUT2D eigenvalue weighted by molar-refractivity contribution is 0.103. The number of allylic oxidation sites excluding steroid dienone is 1. The zero-order chi connectivity index (χ0) is 27.8. The van der Waals surface area contributed by atoms with Crippen LogP contribution in [0.2, 0.25) is 0 Å². The molecule has 1 aliphatic rings. The topological polar surface area (TPSA) is 86.4 Å². The molecule has 0 amide bonds. The molecule has 0 bridgehead atoms. The summed E-state index contributed by atoms with van der Waals surface area (Å²) in [7, 11) is -0.926. The van der Waals surface area contributed by atoms with Crippen molar-refractivity contribution in [1.29, 1.82) is 5.26 Å². The maximum atomic E-state index is 15.4. The zero-order valence-electron chi connectivity index (χ0n) is 22.4. The first kappa shape index (κ1) is 27.6. The Morgan fingerprint density at radius 1 is 1.13 bits per heavy atom. The van der Waals surface area contributed by atoms with Crippen LogP contribution in [0.3, 0.4) is 0 Å². The van der Waals surface area contributed by atoms with Crippen LogP contribution in [-0.2, 0) is 10.0 Å². The number of nitriles is 1. The minimum absolute atomic E-state index is 0.000799. The number of likely N-dealkylation sites (tertiary alicyclic amines) is 1. The Morgan fingerprint density at radius 2 is 1.76 bits per heavy atom. The molecule has 0 saturated carbocycles. The van der Waals surface area contributed by atoms with Crippen molar-refractivity contribution in [2.75, 3.05) is 27.2 Å². The summed E-state index contributed by atoms with van der Waals surface area (Å²) in [5, 5.41) is 9.94. The fraction of sp³-hybridized carbons (Fsp3) is 0.379. The molecule has 0 radical (unpaired) electrons. The minimum atomic E-state index is -4.25. The second-order valence-corrected chi connectivity index (χ2v) is 12.2. The number of benzene rings is 2. The van der Waals surface area contributed by atoms with E-state index in [2.05, 4.69) is 18.7 Å². The van der Waals surface area contributed by atoms with Crippen molar-refractivity contribution in [3.63, 3.8) is 0 Å². The Labute approximate surface area is 223 Å². The number of aromatic nitrogens is 1. The first-order chi connectivity index (χ1) is 17.9. The van der Waals surface area contributed by atoms with Gasteiger partial charge in [-0.25, -0.2) is 16.8 Å². The fourth-order valence-corrected chi connectivity index (χ4v) is 6.53. The van der Waals surface area contributed by atoms with Crippen molar-refractivity contribution < 1.29 is 17.6 Å². The molecule has 38 heavy (non-hydrogen) atoms. The molecule has 0 spiro atoms. The SMILES string of the molecule is Cc1ccc(S(=O)(=O)n2c(C(=O)C(C#N)=CN(C)C)cc3cc(F)c(C4CCN(C(C)C)CC4)cc32)cc1. The number of carbonyl (C=O) groups is 1. The summed E-state index contributed by atoms with van der Waals surface area (Å²) in [5.74, 6) is -1.24. The van der Waals surface area contributed by atoms with Crippen LogP contribution in [0.15, 0.2) is 59.1 Å². The highest BCUT2D eigenvalue weighted by molar-refractivity contribution is 7.90. The lowest BCUT2D eigenvalue weighted by Crippen LogP contribution is -2.38. The average molecular weight is 537 g/mol. The third-order valence-electron chi connectivity index (χ3n) is 7.12. The number of fused-ring (bicyclic) bond motifs is 1. The number of nitrogens with zero attached hydrogens (tertiary/aromatic N) is 4. The smallest absolute Gasteiger partial charge is 0.268 e. The maximum absolute atomic E-state index is 15.4. The minimum Gasteiger partial charge on any atom is -0.382 e. The van der Waals surface area contributed by atoms with Crippen molar-refractivity contribution in [3.05, 3.63) is 76.9 Å². The standard InChI is InChI=1S/C29H33FN4O3S/c1-19(2)33-12-10-21(11-13-33)25-16-27-22(14-26(25)30)15-28(29(35)23(17-31)18-32(4)5)34(27)38(36,37)24-8-6-20(3)7-9-24/h6-9,14-16,18-19,21H,10-13H2,1-5H3. The third kappa shape index (κ3) is 5.24. The molecule has 200 valence electrons. The summed E-state index contributed by atoms with van der Waals surface area (Å²) in [6, 6.07) is 12.8. The van der Waals surface area contributed by atoms with E-state index in [1.54, 1.807) is 37.2 Å². The van der Waals surface area contributed by atoms with Crippen LogP contribution < -0.4 is 0 Å². The van der Waals surface area contributed by atoms with Crippen molar-refractivity contribution in [1.82, 2.24) is 13.8 Å². The number of aryl methyl sites for hydroxylation is 1. The number of carbonyl (C=O) groups excluding carboxylic acids is 1. The Hall–Kier alpha value is -3.48. The summed E-state index contributed by atoms with van der Waals surface area (Å²) >= 11 is 0. The van der Waals surface area contributed by atoms with Crippen LogP contribution in [0.4, 0.5) is 4.39 Å². The quantitative estimate of drug-likeness (QED) is 0.238. The van der Waals surface area contributed by atoms with Gasteiger partial charge in [0.1, 0.15) is 23.2 Å². The molecule has 1 saturated heterocycles. The number of hydrogen-bond acceptors (Lipinski definition) is 6. The lowest BCUT2D eigenvalue weighted by Gasteiger charge is -2.34. The Kier molecular flexibility index (Phi) is 7.77. The second-order valence-electron chi connectivity index (χ2n) is 10.4. The largest absolute Gasteiger partial charge is 0.382 e. The number of hydrogen-bond donors (Lipinski definition) is 0. The van der Waals surface area contributed by atoms with Gasteiger partial charge < -0.3 is 9.80 Å². The normalized spacial score (nSPS) is 15.7. The van der Waals surface area contributed by atoms with E-state index in [9.17, 15) is 18.5 Å². The first-order valence-electron chi connectivity index (χ1n) is 12.7. The van der Waals surface area contributed by atoms with Gasteiger partial charge in [-0.05, 0) is 88.5 Å². The number of ketones is 1. The van der Waals surface area contributed by atoms with Gasteiger partial charge in [0.05, 0.1) is 10.4 Å². The van der Waals surface area contributed by atoms with Gasteiger partial charge in [-0.3, -0.25) is 4.79 Å². The predicted molar refractivity (Wildman–Crippen MR) is 146 cm³/mol. The maximum Gasteiger partial charge on any atom is 0.268 e. The summed E-state index contributed by atoms with van der Waals surface area (Å²) in [4.78, 5) is 17.4.